The van der Waals surface area contributed by atoms with Crippen molar-refractivity contribution in [3.8, 4) is 0 Å². The quantitative estimate of drug-likeness (QED) is 0.798. The molecule has 0 radical (unpaired) electrons. The molecule has 3 amide bonds. The predicted molar refractivity (Wildman–Crippen MR) is 104 cm³/mol. The molecule has 27 heavy (non-hydrogen) atoms. The first-order chi connectivity index (χ1) is 13.0. The van der Waals surface area contributed by atoms with Gasteiger partial charge < -0.3 is 14.7 Å². The van der Waals surface area contributed by atoms with Crippen LogP contribution in [0.2, 0.25) is 0 Å². The first-order valence-corrected chi connectivity index (χ1v) is 9.90. The van der Waals surface area contributed by atoms with Crippen molar-refractivity contribution in [1.29, 1.82) is 0 Å². The molecule has 2 aliphatic heterocycles. The Kier molecular flexibility index (Phi) is 6.14. The van der Waals surface area contributed by atoms with E-state index in [0.29, 0.717) is 32.4 Å². The van der Waals surface area contributed by atoms with Crippen LogP contribution >= 0.6 is 0 Å². The van der Waals surface area contributed by atoms with Gasteiger partial charge in [0.25, 0.3) is 0 Å². The summed E-state index contributed by atoms with van der Waals surface area (Å²) in [4.78, 5) is 42.4. The fourth-order valence-corrected chi connectivity index (χ4v) is 3.82. The minimum atomic E-state index is -0.0449. The minimum Gasteiger partial charge on any atom is -0.343 e. The summed E-state index contributed by atoms with van der Waals surface area (Å²) in [7, 11) is 0. The predicted octanol–water partition coefficient (Wildman–Crippen LogP) is 2.35. The Morgan fingerprint density at radius 1 is 1.11 bits per heavy atom. The average molecular weight is 371 g/mol. The van der Waals surface area contributed by atoms with E-state index in [1.807, 2.05) is 43.0 Å². The molecule has 3 rings (SSSR count). The van der Waals surface area contributed by atoms with E-state index >= 15 is 0 Å². The Morgan fingerprint density at radius 3 is 2.56 bits per heavy atom. The zero-order valence-electron chi connectivity index (χ0n) is 16.3. The van der Waals surface area contributed by atoms with Crippen LogP contribution < -0.4 is 4.90 Å². The topological polar surface area (TPSA) is 60.9 Å². The highest BCUT2D eigenvalue weighted by Gasteiger charge is 2.33. The lowest BCUT2D eigenvalue weighted by Gasteiger charge is -2.39. The average Bonchev–Trinajstić information content (AvgIpc) is 2.65. The molecule has 6 nitrogen and oxygen atoms in total. The van der Waals surface area contributed by atoms with Crippen LogP contribution in [0.5, 0.6) is 0 Å². The Labute approximate surface area is 161 Å². The number of nitrogens with zero attached hydrogens (tertiary/aromatic N) is 3. The van der Waals surface area contributed by atoms with Crippen LogP contribution in [0, 0.1) is 6.92 Å². The van der Waals surface area contributed by atoms with Gasteiger partial charge in [0.1, 0.15) is 6.54 Å². The number of hydrogen-bond donors (Lipinski definition) is 0. The number of amides is 3. The first-order valence-electron chi connectivity index (χ1n) is 9.90. The van der Waals surface area contributed by atoms with Crippen molar-refractivity contribution in [1.82, 2.24) is 9.80 Å². The second-order valence-corrected chi connectivity index (χ2v) is 7.65. The van der Waals surface area contributed by atoms with Gasteiger partial charge in [0, 0.05) is 44.2 Å². The maximum atomic E-state index is 12.6. The van der Waals surface area contributed by atoms with Crippen LogP contribution in [0.4, 0.5) is 5.69 Å². The van der Waals surface area contributed by atoms with Gasteiger partial charge >= 0.3 is 0 Å². The lowest BCUT2D eigenvalue weighted by atomic mass is 10.1. The van der Waals surface area contributed by atoms with Crippen LogP contribution in [-0.4, -0.2) is 59.7 Å². The van der Waals surface area contributed by atoms with Crippen LogP contribution in [0.25, 0.3) is 0 Å². The van der Waals surface area contributed by atoms with Crippen LogP contribution in [0.1, 0.15) is 44.6 Å². The summed E-state index contributed by atoms with van der Waals surface area (Å²) >= 11 is 0. The second kappa shape index (κ2) is 8.55. The molecular weight excluding hydrogens is 342 g/mol. The normalized spacial score (nSPS) is 21.0. The molecule has 146 valence electrons. The molecule has 1 aromatic rings. The van der Waals surface area contributed by atoms with E-state index in [4.69, 9.17) is 0 Å². The van der Waals surface area contributed by atoms with Crippen molar-refractivity contribution in [2.45, 2.75) is 52.0 Å². The van der Waals surface area contributed by atoms with Crippen molar-refractivity contribution in [3.63, 3.8) is 0 Å². The molecule has 1 aromatic carbocycles. The fraction of sp³-hybridized carbons (Fsp3) is 0.571. The second-order valence-electron chi connectivity index (χ2n) is 7.65. The van der Waals surface area contributed by atoms with E-state index < -0.39 is 0 Å². The van der Waals surface area contributed by atoms with E-state index in [1.54, 1.807) is 9.80 Å². The number of piperazine rings is 1. The fourth-order valence-electron chi connectivity index (χ4n) is 3.82. The summed E-state index contributed by atoms with van der Waals surface area (Å²) in [5.41, 5.74) is 2.04. The molecule has 6 heteroatoms. The van der Waals surface area contributed by atoms with Gasteiger partial charge in [-0.3, -0.25) is 14.4 Å². The van der Waals surface area contributed by atoms with Crippen LogP contribution in [-0.2, 0) is 14.4 Å². The molecule has 2 fully saturated rings. The maximum Gasteiger partial charge on any atom is 0.246 e. The number of rotatable bonds is 5. The smallest absolute Gasteiger partial charge is 0.246 e. The Morgan fingerprint density at radius 2 is 1.85 bits per heavy atom. The zero-order valence-corrected chi connectivity index (χ0v) is 16.3. The van der Waals surface area contributed by atoms with Crippen molar-refractivity contribution in [2.24, 2.45) is 0 Å². The molecule has 0 unspecified atom stereocenters. The summed E-state index contributed by atoms with van der Waals surface area (Å²) in [6, 6.07) is 7.87. The van der Waals surface area contributed by atoms with Gasteiger partial charge in [-0.15, -0.1) is 0 Å². The summed E-state index contributed by atoms with van der Waals surface area (Å²) in [6.07, 6.45) is 3.68. The highest BCUT2D eigenvalue weighted by Crippen LogP contribution is 2.21. The number of carbonyl (C=O) groups excluding carboxylic acids is 3. The number of benzene rings is 1. The highest BCUT2D eigenvalue weighted by molar-refractivity contribution is 5.98. The molecule has 0 aromatic heterocycles. The van der Waals surface area contributed by atoms with Crippen molar-refractivity contribution in [3.05, 3.63) is 29.8 Å². The lowest BCUT2D eigenvalue weighted by Crippen LogP contribution is -2.57. The zero-order chi connectivity index (χ0) is 19.4. The van der Waals surface area contributed by atoms with Gasteiger partial charge in [-0.2, -0.15) is 0 Å². The van der Waals surface area contributed by atoms with Crippen LogP contribution in [0.3, 0.4) is 0 Å². The van der Waals surface area contributed by atoms with Gasteiger partial charge in [0.2, 0.25) is 17.7 Å². The summed E-state index contributed by atoms with van der Waals surface area (Å²) in [5.74, 6) is 0.157. The number of piperidine rings is 1. The van der Waals surface area contributed by atoms with Crippen molar-refractivity contribution < 1.29 is 14.4 Å². The summed E-state index contributed by atoms with van der Waals surface area (Å²) < 4.78 is 0. The van der Waals surface area contributed by atoms with Gasteiger partial charge in [-0.25, -0.2) is 0 Å². The molecule has 2 aliphatic rings. The Bertz CT molecular complexity index is 701. The minimum absolute atomic E-state index is 0.00358. The third-order valence-corrected chi connectivity index (χ3v) is 5.49. The molecular formula is C21H29N3O3. The molecule has 2 saturated heterocycles. The Balaban J connectivity index is 1.52. The number of carbonyl (C=O) groups is 3. The number of anilines is 1. The molecule has 0 spiro atoms. The largest absolute Gasteiger partial charge is 0.343 e. The third-order valence-electron chi connectivity index (χ3n) is 5.49. The molecule has 1 atom stereocenters. The molecule has 2 heterocycles. The van der Waals surface area contributed by atoms with E-state index in [1.165, 1.54) is 0 Å². The molecule has 0 aliphatic carbocycles. The van der Waals surface area contributed by atoms with Crippen molar-refractivity contribution in [2.75, 3.05) is 31.1 Å². The number of likely N-dealkylation sites (tertiary alicyclic amines) is 1. The molecule has 0 N–H and O–H groups in total. The van der Waals surface area contributed by atoms with Crippen molar-refractivity contribution >= 4 is 23.4 Å². The number of hydrogen-bond acceptors (Lipinski definition) is 3. The first kappa shape index (κ1) is 19.4. The number of aryl methyl sites for hydroxylation is 1. The standard InChI is InChI=1S/C21H29N3O3/c1-16-8-10-18(11-9-16)24-14-17(2)23(15-21(24)27)20(26)7-5-13-22-12-4-3-6-19(22)25/h8-11,17H,3-7,12-15H2,1-2H3/t17-/m1/s1. The monoisotopic (exact) mass is 371 g/mol. The van der Waals surface area contributed by atoms with E-state index in [0.717, 1.165) is 30.6 Å². The van der Waals surface area contributed by atoms with E-state index in [9.17, 15) is 14.4 Å². The maximum absolute atomic E-state index is 12.6. The van der Waals surface area contributed by atoms with Gasteiger partial charge in [0.15, 0.2) is 0 Å². The van der Waals surface area contributed by atoms with Crippen LogP contribution in [0.15, 0.2) is 24.3 Å². The summed E-state index contributed by atoms with van der Waals surface area (Å²) in [6.45, 7) is 6.07. The molecule has 0 saturated carbocycles. The van der Waals surface area contributed by atoms with Gasteiger partial charge in [0.05, 0.1) is 0 Å². The third kappa shape index (κ3) is 4.67. The van der Waals surface area contributed by atoms with Gasteiger partial charge in [-0.1, -0.05) is 17.7 Å². The lowest BCUT2D eigenvalue weighted by molar-refractivity contribution is -0.140. The van der Waals surface area contributed by atoms with Gasteiger partial charge in [-0.05, 0) is 45.2 Å². The van der Waals surface area contributed by atoms with E-state index in [2.05, 4.69) is 0 Å². The molecule has 0 bridgehead atoms. The van der Waals surface area contributed by atoms with E-state index in [-0.39, 0.29) is 30.3 Å². The Hall–Kier alpha value is -2.37. The summed E-state index contributed by atoms with van der Waals surface area (Å²) in [5, 5.41) is 0. The highest BCUT2D eigenvalue weighted by atomic mass is 16.2. The SMILES string of the molecule is Cc1ccc(N2C[C@@H](C)N(C(=O)CCCN3CCCCC3=O)CC2=O)cc1.